The van der Waals surface area contributed by atoms with Crippen molar-refractivity contribution in [1.29, 1.82) is 0 Å². The van der Waals surface area contributed by atoms with Crippen molar-refractivity contribution in [2.24, 2.45) is 5.73 Å². The quantitative estimate of drug-likeness (QED) is 0.851. The van der Waals surface area contributed by atoms with Gasteiger partial charge >= 0.3 is 0 Å². The Morgan fingerprint density at radius 2 is 2.19 bits per heavy atom. The number of nitrogens with two attached hydrogens (primary N) is 1. The molecule has 0 saturated heterocycles. The van der Waals surface area contributed by atoms with Gasteiger partial charge in [-0.25, -0.2) is 4.98 Å². The Hall–Kier alpha value is -1.39. The summed E-state index contributed by atoms with van der Waals surface area (Å²) < 4.78 is 1.88. The Kier molecular flexibility index (Phi) is 3.22. The van der Waals surface area contributed by atoms with Crippen LogP contribution < -0.4 is 5.73 Å². The third-order valence-corrected chi connectivity index (χ3v) is 2.79. The average Bonchev–Trinajstić information content (AvgIpc) is 2.69. The number of rotatable bonds is 3. The molecule has 0 bridgehead atoms. The molecule has 0 aliphatic carbocycles. The van der Waals surface area contributed by atoms with Gasteiger partial charge in [-0.3, -0.25) is 0 Å². The lowest BCUT2D eigenvalue weighted by molar-refractivity contribution is 0.788. The van der Waals surface area contributed by atoms with E-state index < -0.39 is 0 Å². The van der Waals surface area contributed by atoms with Crippen LogP contribution in [0, 0.1) is 0 Å². The topological polar surface area (TPSA) is 43.8 Å². The summed E-state index contributed by atoms with van der Waals surface area (Å²) in [7, 11) is 0. The number of imidazole rings is 1. The average molecular weight is 252 g/mol. The Balaban J connectivity index is 2.31. The van der Waals surface area contributed by atoms with Crippen LogP contribution >= 0.6 is 23.8 Å². The van der Waals surface area contributed by atoms with Gasteiger partial charge in [0.05, 0.1) is 6.54 Å². The minimum Gasteiger partial charge on any atom is -0.387 e. The standard InChI is InChI=1S/C11H10ClN3S/c12-9-4-2-1-3-8(9)7-15-6-5-14-11(15)10(13)16/h1-6H,7H2,(H2,13,16). The van der Waals surface area contributed by atoms with E-state index in [1.807, 2.05) is 35.0 Å². The summed E-state index contributed by atoms with van der Waals surface area (Å²) in [6.07, 6.45) is 3.50. The van der Waals surface area contributed by atoms with Crippen LogP contribution in [0.4, 0.5) is 0 Å². The molecule has 5 heteroatoms. The van der Waals surface area contributed by atoms with Crippen LogP contribution in [0.5, 0.6) is 0 Å². The Morgan fingerprint density at radius 1 is 1.44 bits per heavy atom. The summed E-state index contributed by atoms with van der Waals surface area (Å²) in [4.78, 5) is 4.38. The van der Waals surface area contributed by atoms with Gasteiger partial charge in [0, 0.05) is 17.4 Å². The van der Waals surface area contributed by atoms with Crippen molar-refractivity contribution < 1.29 is 0 Å². The largest absolute Gasteiger partial charge is 0.387 e. The summed E-state index contributed by atoms with van der Waals surface area (Å²) in [6.45, 7) is 0.617. The predicted molar refractivity (Wildman–Crippen MR) is 68.7 cm³/mol. The highest BCUT2D eigenvalue weighted by Gasteiger charge is 2.07. The molecule has 1 aromatic heterocycles. The molecule has 0 unspecified atom stereocenters. The molecule has 0 atom stereocenters. The van der Waals surface area contributed by atoms with Crippen LogP contribution in [0.25, 0.3) is 0 Å². The fourth-order valence-corrected chi connectivity index (χ4v) is 1.84. The zero-order valence-corrected chi connectivity index (χ0v) is 10.0. The Morgan fingerprint density at radius 3 is 2.88 bits per heavy atom. The van der Waals surface area contributed by atoms with E-state index in [0.717, 1.165) is 10.6 Å². The molecule has 0 radical (unpaired) electrons. The number of hydrogen-bond acceptors (Lipinski definition) is 2. The molecule has 2 rings (SSSR count). The normalized spacial score (nSPS) is 10.3. The third-order valence-electron chi connectivity index (χ3n) is 2.23. The summed E-state index contributed by atoms with van der Waals surface area (Å²) in [5, 5.41) is 0.727. The summed E-state index contributed by atoms with van der Waals surface area (Å²) in [5.41, 5.74) is 6.58. The molecule has 0 saturated carbocycles. The van der Waals surface area contributed by atoms with Crippen LogP contribution in [-0.2, 0) is 6.54 Å². The molecule has 0 fully saturated rings. The van der Waals surface area contributed by atoms with E-state index in [1.165, 1.54) is 0 Å². The first-order chi connectivity index (χ1) is 7.68. The fourth-order valence-electron chi connectivity index (χ4n) is 1.47. The van der Waals surface area contributed by atoms with Crippen molar-refractivity contribution >= 4 is 28.8 Å². The maximum Gasteiger partial charge on any atom is 0.167 e. The van der Waals surface area contributed by atoms with Gasteiger partial charge < -0.3 is 10.3 Å². The molecule has 3 nitrogen and oxygen atoms in total. The van der Waals surface area contributed by atoms with Crippen LogP contribution in [0.15, 0.2) is 36.7 Å². The molecule has 82 valence electrons. The molecular formula is C11H10ClN3S. The van der Waals surface area contributed by atoms with Gasteiger partial charge in [-0.2, -0.15) is 0 Å². The summed E-state index contributed by atoms with van der Waals surface area (Å²) in [6, 6.07) is 7.66. The molecule has 2 N–H and O–H groups in total. The summed E-state index contributed by atoms with van der Waals surface area (Å²) in [5.74, 6) is 0.606. The first-order valence-electron chi connectivity index (χ1n) is 4.73. The van der Waals surface area contributed by atoms with E-state index in [-0.39, 0.29) is 4.99 Å². The fraction of sp³-hybridized carbons (Fsp3) is 0.0909. The van der Waals surface area contributed by atoms with Crippen LogP contribution in [0.2, 0.25) is 5.02 Å². The van der Waals surface area contributed by atoms with E-state index >= 15 is 0 Å². The monoisotopic (exact) mass is 251 g/mol. The van der Waals surface area contributed by atoms with Crippen LogP contribution in [-0.4, -0.2) is 14.5 Å². The van der Waals surface area contributed by atoms with Gasteiger partial charge in [-0.1, -0.05) is 42.0 Å². The van der Waals surface area contributed by atoms with Crippen molar-refractivity contribution in [3.8, 4) is 0 Å². The van der Waals surface area contributed by atoms with Crippen molar-refractivity contribution in [1.82, 2.24) is 9.55 Å². The molecule has 0 spiro atoms. The predicted octanol–water partition coefficient (Wildman–Crippen LogP) is 2.22. The number of halogens is 1. The zero-order chi connectivity index (χ0) is 11.5. The Labute approximate surface area is 104 Å². The van der Waals surface area contributed by atoms with Gasteiger partial charge in [0.1, 0.15) is 4.99 Å². The third kappa shape index (κ3) is 2.23. The van der Waals surface area contributed by atoms with Gasteiger partial charge in [0.2, 0.25) is 0 Å². The lowest BCUT2D eigenvalue weighted by atomic mass is 10.2. The van der Waals surface area contributed by atoms with Crippen LogP contribution in [0.1, 0.15) is 11.4 Å². The highest BCUT2D eigenvalue weighted by Crippen LogP contribution is 2.16. The van der Waals surface area contributed by atoms with E-state index in [0.29, 0.717) is 12.4 Å². The van der Waals surface area contributed by atoms with Gasteiger partial charge in [-0.05, 0) is 11.6 Å². The molecular weight excluding hydrogens is 242 g/mol. The SMILES string of the molecule is NC(=S)c1nccn1Cc1ccccc1Cl. The molecule has 1 aromatic carbocycles. The Bertz CT molecular complexity index is 521. The molecule has 0 aliphatic rings. The lowest BCUT2D eigenvalue weighted by Crippen LogP contribution is -2.17. The first-order valence-corrected chi connectivity index (χ1v) is 5.51. The molecule has 0 aliphatic heterocycles. The number of hydrogen-bond donors (Lipinski definition) is 1. The number of benzene rings is 1. The number of thiocarbonyl (C=S) groups is 1. The maximum atomic E-state index is 6.08. The van der Waals surface area contributed by atoms with Crippen molar-refractivity contribution in [2.45, 2.75) is 6.54 Å². The van der Waals surface area contributed by atoms with E-state index in [2.05, 4.69) is 4.98 Å². The van der Waals surface area contributed by atoms with Crippen LogP contribution in [0.3, 0.4) is 0 Å². The molecule has 0 amide bonds. The van der Waals surface area contributed by atoms with E-state index in [1.54, 1.807) is 6.20 Å². The minimum absolute atomic E-state index is 0.289. The second-order valence-corrected chi connectivity index (χ2v) is 4.18. The van der Waals surface area contributed by atoms with E-state index in [4.69, 9.17) is 29.6 Å². The smallest absolute Gasteiger partial charge is 0.167 e. The second kappa shape index (κ2) is 4.63. The molecule has 1 heterocycles. The van der Waals surface area contributed by atoms with Gasteiger partial charge in [0.25, 0.3) is 0 Å². The second-order valence-electron chi connectivity index (χ2n) is 3.33. The lowest BCUT2D eigenvalue weighted by Gasteiger charge is -2.08. The number of nitrogens with zero attached hydrogens (tertiary/aromatic N) is 2. The number of aromatic nitrogens is 2. The molecule has 2 aromatic rings. The highest BCUT2D eigenvalue weighted by atomic mass is 35.5. The highest BCUT2D eigenvalue weighted by molar-refractivity contribution is 7.80. The minimum atomic E-state index is 0.289. The molecule has 16 heavy (non-hydrogen) atoms. The van der Waals surface area contributed by atoms with Crippen molar-refractivity contribution in [3.63, 3.8) is 0 Å². The van der Waals surface area contributed by atoms with E-state index in [9.17, 15) is 0 Å². The zero-order valence-electron chi connectivity index (χ0n) is 8.43. The van der Waals surface area contributed by atoms with Gasteiger partial charge in [0.15, 0.2) is 5.82 Å². The van der Waals surface area contributed by atoms with Gasteiger partial charge in [-0.15, -0.1) is 0 Å². The van der Waals surface area contributed by atoms with Crippen molar-refractivity contribution in [2.75, 3.05) is 0 Å². The summed E-state index contributed by atoms with van der Waals surface area (Å²) >= 11 is 11.0. The first kappa shape index (κ1) is 11.1. The van der Waals surface area contributed by atoms with Crippen molar-refractivity contribution in [3.05, 3.63) is 53.1 Å². The maximum absolute atomic E-state index is 6.08.